The van der Waals surface area contributed by atoms with Gasteiger partial charge in [-0.05, 0) is 37.5 Å². The maximum Gasteiger partial charge on any atom is 0.260 e. The van der Waals surface area contributed by atoms with Crippen molar-refractivity contribution >= 4 is 11.8 Å². The number of aryl methyl sites for hydroxylation is 1. The van der Waals surface area contributed by atoms with Gasteiger partial charge in [-0.3, -0.25) is 9.59 Å². The van der Waals surface area contributed by atoms with E-state index >= 15 is 0 Å². The quantitative estimate of drug-likeness (QED) is 0.798. The molecule has 1 saturated heterocycles. The Hall–Kier alpha value is -2.90. The maximum absolute atomic E-state index is 12.3. The molecule has 3 rings (SSSR count). The molecule has 0 bridgehead atoms. The predicted molar refractivity (Wildman–Crippen MR) is 97.2 cm³/mol. The van der Waals surface area contributed by atoms with Gasteiger partial charge in [0.25, 0.3) is 11.8 Å². The number of carbonyl (C=O) groups is 2. The molecule has 8 nitrogen and oxygen atoms in total. The summed E-state index contributed by atoms with van der Waals surface area (Å²) in [5.41, 5.74) is 0.438. The molecule has 0 unspecified atom stereocenters. The van der Waals surface area contributed by atoms with Gasteiger partial charge < -0.3 is 19.4 Å². The van der Waals surface area contributed by atoms with Crippen molar-refractivity contribution in [3.05, 3.63) is 41.6 Å². The lowest BCUT2D eigenvalue weighted by atomic mass is 10.1. The number of nitrogens with one attached hydrogen (secondary N) is 1. The first-order valence-corrected chi connectivity index (χ1v) is 9.26. The van der Waals surface area contributed by atoms with Gasteiger partial charge in [0, 0.05) is 25.1 Å². The molecule has 8 heteroatoms. The Morgan fingerprint density at radius 2 is 1.96 bits per heavy atom. The zero-order valence-corrected chi connectivity index (χ0v) is 15.4. The molecule has 144 valence electrons. The van der Waals surface area contributed by atoms with Crippen molar-refractivity contribution in [1.29, 1.82) is 0 Å². The van der Waals surface area contributed by atoms with Gasteiger partial charge in [0.15, 0.2) is 6.61 Å². The zero-order chi connectivity index (χ0) is 19.1. The number of carbonyl (C=O) groups excluding carboxylic acids is 2. The average Bonchev–Trinajstić information content (AvgIpc) is 3.19. The fourth-order valence-corrected chi connectivity index (χ4v) is 2.87. The third kappa shape index (κ3) is 5.29. The molecule has 1 N–H and O–H groups in total. The Morgan fingerprint density at radius 3 is 2.70 bits per heavy atom. The van der Waals surface area contributed by atoms with Crippen LogP contribution in [0.25, 0.3) is 0 Å². The highest BCUT2D eigenvalue weighted by molar-refractivity contribution is 5.94. The van der Waals surface area contributed by atoms with Crippen LogP contribution in [0.15, 0.2) is 28.7 Å². The van der Waals surface area contributed by atoms with E-state index in [1.165, 1.54) is 6.42 Å². The van der Waals surface area contributed by atoms with Gasteiger partial charge in [-0.15, -0.1) is 10.2 Å². The van der Waals surface area contributed by atoms with Crippen LogP contribution in [0.5, 0.6) is 5.75 Å². The minimum absolute atomic E-state index is 0.0207. The lowest BCUT2D eigenvalue weighted by Crippen LogP contribution is -2.38. The lowest BCUT2D eigenvalue weighted by Gasteiger charge is -2.26. The summed E-state index contributed by atoms with van der Waals surface area (Å²) in [6, 6.07) is 6.74. The van der Waals surface area contributed by atoms with Gasteiger partial charge in [-0.1, -0.05) is 13.0 Å². The second-order valence-corrected chi connectivity index (χ2v) is 6.38. The molecule has 0 aliphatic carbocycles. The van der Waals surface area contributed by atoms with Crippen LogP contribution in [0, 0.1) is 0 Å². The monoisotopic (exact) mass is 372 g/mol. The Bertz CT molecular complexity index is 784. The van der Waals surface area contributed by atoms with Crippen LogP contribution in [0.4, 0.5) is 0 Å². The average molecular weight is 372 g/mol. The van der Waals surface area contributed by atoms with Gasteiger partial charge in [0.1, 0.15) is 5.75 Å². The van der Waals surface area contributed by atoms with Crippen LogP contribution < -0.4 is 10.1 Å². The second kappa shape index (κ2) is 9.16. The largest absolute Gasteiger partial charge is 0.484 e. The Morgan fingerprint density at radius 1 is 1.19 bits per heavy atom. The van der Waals surface area contributed by atoms with Crippen LogP contribution in [0.2, 0.25) is 0 Å². The highest BCUT2D eigenvalue weighted by Gasteiger charge is 2.17. The Labute approximate surface area is 157 Å². The van der Waals surface area contributed by atoms with Gasteiger partial charge in [-0.2, -0.15) is 0 Å². The van der Waals surface area contributed by atoms with E-state index in [4.69, 9.17) is 9.15 Å². The highest BCUT2D eigenvalue weighted by Crippen LogP contribution is 2.15. The molecule has 2 heterocycles. The van der Waals surface area contributed by atoms with E-state index in [-0.39, 0.29) is 25.0 Å². The Balaban J connectivity index is 1.51. The number of piperidine rings is 1. The minimum atomic E-state index is -0.279. The fraction of sp³-hybridized carbons (Fsp3) is 0.474. The molecular formula is C19H24N4O4. The fourth-order valence-electron chi connectivity index (χ4n) is 2.87. The first-order chi connectivity index (χ1) is 13.2. The number of hydrogen-bond donors (Lipinski definition) is 1. The molecule has 1 fully saturated rings. The molecule has 2 aromatic rings. The minimum Gasteiger partial charge on any atom is -0.484 e. The number of amides is 2. The summed E-state index contributed by atoms with van der Waals surface area (Å²) in [6.07, 6.45) is 3.91. The number of nitrogens with zero attached hydrogens (tertiary/aromatic N) is 3. The van der Waals surface area contributed by atoms with Crippen molar-refractivity contribution in [3.8, 4) is 5.75 Å². The third-order valence-electron chi connectivity index (χ3n) is 4.38. The molecule has 2 amide bonds. The Kier molecular flexibility index (Phi) is 6.40. The van der Waals surface area contributed by atoms with Crippen LogP contribution in [-0.2, 0) is 17.8 Å². The maximum atomic E-state index is 12.3. The number of aromatic nitrogens is 2. The van der Waals surface area contributed by atoms with E-state index in [2.05, 4.69) is 15.5 Å². The van der Waals surface area contributed by atoms with Crippen LogP contribution in [0.3, 0.4) is 0 Å². The van der Waals surface area contributed by atoms with Crippen molar-refractivity contribution < 1.29 is 18.7 Å². The summed E-state index contributed by atoms with van der Waals surface area (Å²) >= 11 is 0. The SMILES string of the molecule is CCc1nnc(CNC(=O)c2cccc(OCC(=O)N3CCCCC3)c2)o1. The zero-order valence-electron chi connectivity index (χ0n) is 15.4. The third-order valence-corrected chi connectivity index (χ3v) is 4.38. The summed E-state index contributed by atoms with van der Waals surface area (Å²) in [7, 11) is 0. The normalized spacial score (nSPS) is 14.0. The van der Waals surface area contributed by atoms with Crippen LogP contribution in [-0.4, -0.2) is 46.6 Å². The van der Waals surface area contributed by atoms with E-state index in [0.29, 0.717) is 29.5 Å². The molecule has 0 spiro atoms. The summed E-state index contributed by atoms with van der Waals surface area (Å²) in [5, 5.41) is 10.5. The number of rotatable bonds is 7. The first-order valence-electron chi connectivity index (χ1n) is 9.26. The second-order valence-electron chi connectivity index (χ2n) is 6.38. The predicted octanol–water partition coefficient (Wildman–Crippen LogP) is 1.95. The summed E-state index contributed by atoms with van der Waals surface area (Å²) < 4.78 is 10.9. The summed E-state index contributed by atoms with van der Waals surface area (Å²) in [4.78, 5) is 26.3. The van der Waals surface area contributed by atoms with Gasteiger partial charge in [0.05, 0.1) is 6.54 Å². The van der Waals surface area contributed by atoms with E-state index in [9.17, 15) is 9.59 Å². The van der Waals surface area contributed by atoms with Gasteiger partial charge in [0.2, 0.25) is 11.8 Å². The van der Waals surface area contributed by atoms with Crippen LogP contribution >= 0.6 is 0 Å². The molecule has 0 saturated carbocycles. The van der Waals surface area contributed by atoms with E-state index < -0.39 is 0 Å². The van der Waals surface area contributed by atoms with E-state index in [1.54, 1.807) is 24.3 Å². The number of benzene rings is 1. The van der Waals surface area contributed by atoms with Crippen molar-refractivity contribution in [2.45, 2.75) is 39.2 Å². The molecule has 1 aliphatic rings. The molecule has 27 heavy (non-hydrogen) atoms. The molecule has 1 aliphatic heterocycles. The summed E-state index contributed by atoms with van der Waals surface area (Å²) in [6.45, 7) is 3.63. The lowest BCUT2D eigenvalue weighted by molar-refractivity contribution is -0.134. The smallest absolute Gasteiger partial charge is 0.260 e. The molecular weight excluding hydrogens is 348 g/mol. The summed E-state index contributed by atoms with van der Waals surface area (Å²) in [5.74, 6) is 1.08. The first kappa shape index (κ1) is 18.9. The molecule has 1 aromatic heterocycles. The number of likely N-dealkylation sites (tertiary alicyclic amines) is 1. The van der Waals surface area contributed by atoms with Crippen molar-refractivity contribution in [2.75, 3.05) is 19.7 Å². The van der Waals surface area contributed by atoms with Crippen molar-refractivity contribution in [1.82, 2.24) is 20.4 Å². The molecule has 0 atom stereocenters. The number of ether oxygens (including phenoxy) is 1. The van der Waals surface area contributed by atoms with Crippen LogP contribution in [0.1, 0.15) is 48.3 Å². The van der Waals surface area contributed by atoms with E-state index in [0.717, 1.165) is 25.9 Å². The molecule has 0 radical (unpaired) electrons. The molecule has 1 aromatic carbocycles. The van der Waals surface area contributed by atoms with E-state index in [1.807, 2.05) is 11.8 Å². The number of hydrogen-bond acceptors (Lipinski definition) is 6. The van der Waals surface area contributed by atoms with Crippen molar-refractivity contribution in [2.24, 2.45) is 0 Å². The van der Waals surface area contributed by atoms with Gasteiger partial charge in [-0.25, -0.2) is 0 Å². The van der Waals surface area contributed by atoms with Gasteiger partial charge >= 0.3 is 0 Å². The topological polar surface area (TPSA) is 97.6 Å². The standard InChI is InChI=1S/C19H24N4O4/c1-2-16-21-22-17(27-16)12-20-19(25)14-7-6-8-15(11-14)26-13-18(24)23-9-4-3-5-10-23/h6-8,11H,2-5,9-10,12-13H2,1H3,(H,20,25). The highest BCUT2D eigenvalue weighted by atomic mass is 16.5. The van der Waals surface area contributed by atoms with Crippen molar-refractivity contribution in [3.63, 3.8) is 0 Å².